The Labute approximate surface area is 124 Å². The molecule has 0 heterocycles. The Bertz CT molecular complexity index is 415. The topological polar surface area (TPSA) is 32.5 Å². The van der Waals surface area contributed by atoms with Gasteiger partial charge < -0.3 is 10.6 Å². The highest BCUT2D eigenvalue weighted by Crippen LogP contribution is 2.19. The monoisotopic (exact) mass is 277 g/mol. The van der Waals surface area contributed by atoms with Crippen molar-refractivity contribution in [3.8, 4) is 0 Å². The normalized spacial score (nSPS) is 14.8. The van der Waals surface area contributed by atoms with E-state index in [1.54, 1.807) is 0 Å². The minimum atomic E-state index is 0.0835. The van der Waals surface area contributed by atoms with E-state index in [2.05, 4.69) is 69.8 Å². The van der Waals surface area contributed by atoms with Gasteiger partial charge in [-0.3, -0.25) is 4.90 Å². The third kappa shape index (κ3) is 4.89. The predicted molar refractivity (Wildman–Crippen MR) is 88.1 cm³/mol. The van der Waals surface area contributed by atoms with Crippen LogP contribution in [0.3, 0.4) is 0 Å². The minimum Gasteiger partial charge on any atom is -0.323 e. The summed E-state index contributed by atoms with van der Waals surface area (Å²) in [5.41, 5.74) is 10.3. The molecule has 0 aliphatic heterocycles. The van der Waals surface area contributed by atoms with Crippen LogP contribution in [0.5, 0.6) is 0 Å². The number of benzene rings is 1. The van der Waals surface area contributed by atoms with Crippen molar-refractivity contribution >= 4 is 0 Å². The molecule has 2 atom stereocenters. The zero-order valence-corrected chi connectivity index (χ0v) is 14.0. The van der Waals surface area contributed by atoms with Gasteiger partial charge >= 0.3 is 0 Å². The fraction of sp³-hybridized carbons (Fsp3) is 0.647. The fourth-order valence-electron chi connectivity index (χ4n) is 2.86. The average molecular weight is 277 g/mol. The van der Waals surface area contributed by atoms with Crippen molar-refractivity contribution in [1.82, 2.24) is 9.80 Å². The maximum Gasteiger partial charge on any atom is 0.0427 e. The van der Waals surface area contributed by atoms with Gasteiger partial charge in [0.25, 0.3) is 0 Å². The largest absolute Gasteiger partial charge is 0.323 e. The summed E-state index contributed by atoms with van der Waals surface area (Å²) >= 11 is 0. The van der Waals surface area contributed by atoms with E-state index in [9.17, 15) is 0 Å². The smallest absolute Gasteiger partial charge is 0.0427 e. The molecule has 114 valence electrons. The maximum atomic E-state index is 6.44. The standard InChI is InChI=1S/C17H31N3/c1-7-20(15(4)11-19(5)6)12-17(18)16-9-8-13(2)10-14(16)3/h8-10,15,17H,7,11-12,18H2,1-6H3. The van der Waals surface area contributed by atoms with Gasteiger partial charge in [0.2, 0.25) is 0 Å². The van der Waals surface area contributed by atoms with Crippen LogP contribution in [0.1, 0.15) is 36.6 Å². The quantitative estimate of drug-likeness (QED) is 0.831. The van der Waals surface area contributed by atoms with E-state index in [1.807, 2.05) is 0 Å². The van der Waals surface area contributed by atoms with Crippen molar-refractivity contribution in [1.29, 1.82) is 0 Å². The van der Waals surface area contributed by atoms with Crippen LogP contribution in [-0.2, 0) is 0 Å². The molecule has 0 saturated heterocycles. The molecule has 1 aromatic rings. The SMILES string of the molecule is CCN(CC(N)c1ccc(C)cc1C)C(C)CN(C)C. The summed E-state index contributed by atoms with van der Waals surface area (Å²) in [5.74, 6) is 0. The number of aryl methyl sites for hydroxylation is 2. The molecule has 0 aliphatic rings. The molecule has 0 aromatic heterocycles. The molecule has 3 heteroatoms. The first-order valence-electron chi connectivity index (χ1n) is 7.56. The summed E-state index contributed by atoms with van der Waals surface area (Å²) in [6.45, 7) is 11.8. The molecular formula is C17H31N3. The summed E-state index contributed by atoms with van der Waals surface area (Å²) < 4.78 is 0. The van der Waals surface area contributed by atoms with Crippen molar-refractivity contribution < 1.29 is 0 Å². The van der Waals surface area contributed by atoms with Crippen LogP contribution in [0.15, 0.2) is 18.2 Å². The van der Waals surface area contributed by atoms with E-state index in [4.69, 9.17) is 5.73 Å². The summed E-state index contributed by atoms with van der Waals surface area (Å²) in [4.78, 5) is 4.69. The number of nitrogens with zero attached hydrogens (tertiary/aromatic N) is 2. The minimum absolute atomic E-state index is 0.0835. The summed E-state index contributed by atoms with van der Waals surface area (Å²) in [5, 5.41) is 0. The van der Waals surface area contributed by atoms with Crippen LogP contribution < -0.4 is 5.73 Å². The zero-order chi connectivity index (χ0) is 15.3. The van der Waals surface area contributed by atoms with Gasteiger partial charge in [-0.05, 0) is 52.5 Å². The van der Waals surface area contributed by atoms with Crippen molar-refractivity contribution in [3.05, 3.63) is 34.9 Å². The lowest BCUT2D eigenvalue weighted by molar-refractivity contribution is 0.172. The first-order chi connectivity index (χ1) is 9.35. The number of rotatable bonds is 7. The summed E-state index contributed by atoms with van der Waals surface area (Å²) in [6, 6.07) is 7.16. The van der Waals surface area contributed by atoms with Crippen molar-refractivity contribution in [2.75, 3.05) is 33.7 Å². The van der Waals surface area contributed by atoms with Gasteiger partial charge in [0.1, 0.15) is 0 Å². The number of likely N-dealkylation sites (N-methyl/N-ethyl adjacent to an activating group) is 2. The Balaban J connectivity index is 2.73. The molecule has 0 bridgehead atoms. The van der Waals surface area contributed by atoms with Crippen molar-refractivity contribution in [2.45, 2.75) is 39.8 Å². The molecule has 1 rings (SSSR count). The summed E-state index contributed by atoms with van der Waals surface area (Å²) in [6.07, 6.45) is 0. The molecule has 3 nitrogen and oxygen atoms in total. The first kappa shape index (κ1) is 17.2. The Kier molecular flexibility index (Phi) is 6.66. The molecule has 1 aromatic carbocycles. The first-order valence-corrected chi connectivity index (χ1v) is 7.56. The van der Waals surface area contributed by atoms with Crippen molar-refractivity contribution in [2.24, 2.45) is 5.73 Å². The van der Waals surface area contributed by atoms with E-state index in [-0.39, 0.29) is 6.04 Å². The molecule has 0 aliphatic carbocycles. The van der Waals surface area contributed by atoms with Gasteiger partial charge in [0.15, 0.2) is 0 Å². The highest BCUT2D eigenvalue weighted by molar-refractivity contribution is 5.32. The lowest BCUT2D eigenvalue weighted by atomic mass is 9.99. The van der Waals surface area contributed by atoms with Gasteiger partial charge in [-0.1, -0.05) is 30.7 Å². The van der Waals surface area contributed by atoms with Gasteiger partial charge in [-0.15, -0.1) is 0 Å². The van der Waals surface area contributed by atoms with Gasteiger partial charge in [0.05, 0.1) is 0 Å². The molecule has 2 N–H and O–H groups in total. The molecule has 0 amide bonds. The van der Waals surface area contributed by atoms with Crippen LogP contribution in [-0.4, -0.2) is 49.6 Å². The highest BCUT2D eigenvalue weighted by Gasteiger charge is 2.18. The molecule has 2 unspecified atom stereocenters. The Morgan fingerprint density at radius 3 is 2.30 bits per heavy atom. The average Bonchev–Trinajstić information content (AvgIpc) is 2.34. The maximum absolute atomic E-state index is 6.44. The molecule has 0 saturated carbocycles. The van der Waals surface area contributed by atoms with Gasteiger partial charge in [-0.2, -0.15) is 0 Å². The summed E-state index contributed by atoms with van der Waals surface area (Å²) in [7, 11) is 4.24. The fourth-order valence-corrected chi connectivity index (χ4v) is 2.86. The Morgan fingerprint density at radius 1 is 1.15 bits per heavy atom. The van der Waals surface area contributed by atoms with Gasteiger partial charge in [0, 0.05) is 25.2 Å². The van der Waals surface area contributed by atoms with E-state index >= 15 is 0 Å². The molecule has 0 spiro atoms. The highest BCUT2D eigenvalue weighted by atomic mass is 15.2. The van der Waals surface area contributed by atoms with Gasteiger partial charge in [-0.25, -0.2) is 0 Å². The third-order valence-corrected chi connectivity index (χ3v) is 3.91. The van der Waals surface area contributed by atoms with Crippen LogP contribution in [0.25, 0.3) is 0 Å². The molecular weight excluding hydrogens is 246 g/mol. The number of hydrogen-bond donors (Lipinski definition) is 1. The Hall–Kier alpha value is -0.900. The van der Waals surface area contributed by atoms with E-state index in [0.29, 0.717) is 6.04 Å². The zero-order valence-electron chi connectivity index (χ0n) is 14.0. The van der Waals surface area contributed by atoms with E-state index < -0.39 is 0 Å². The Morgan fingerprint density at radius 2 is 1.80 bits per heavy atom. The molecule has 20 heavy (non-hydrogen) atoms. The third-order valence-electron chi connectivity index (χ3n) is 3.91. The van der Waals surface area contributed by atoms with Crippen LogP contribution in [0, 0.1) is 13.8 Å². The van der Waals surface area contributed by atoms with Crippen LogP contribution in [0.4, 0.5) is 0 Å². The van der Waals surface area contributed by atoms with Crippen molar-refractivity contribution in [3.63, 3.8) is 0 Å². The second kappa shape index (κ2) is 7.77. The molecule has 0 radical (unpaired) electrons. The lowest BCUT2D eigenvalue weighted by Crippen LogP contribution is -2.43. The number of nitrogens with two attached hydrogens (primary N) is 1. The molecule has 0 fully saturated rings. The van der Waals surface area contributed by atoms with E-state index in [1.165, 1.54) is 16.7 Å². The van der Waals surface area contributed by atoms with Crippen LogP contribution in [0.2, 0.25) is 0 Å². The number of hydrogen-bond acceptors (Lipinski definition) is 3. The van der Waals surface area contributed by atoms with E-state index in [0.717, 1.165) is 19.6 Å². The van der Waals surface area contributed by atoms with Crippen LogP contribution >= 0.6 is 0 Å². The predicted octanol–water partition coefficient (Wildman–Crippen LogP) is 2.58. The second-order valence-electron chi connectivity index (χ2n) is 6.17. The lowest BCUT2D eigenvalue weighted by Gasteiger charge is -2.32. The second-order valence-corrected chi connectivity index (χ2v) is 6.17.